The molecule has 0 fully saturated rings. The number of carboxylic acid groups (broad SMARTS) is 3. The number of phenols is 1. The molecule has 15 heteroatoms. The van der Waals surface area contributed by atoms with Crippen molar-refractivity contribution in [2.75, 3.05) is 24.6 Å². The van der Waals surface area contributed by atoms with Crippen molar-refractivity contribution in [3.8, 4) is 5.75 Å². The number of guanidine groups is 1. The first kappa shape index (κ1) is 39.4. The topological polar surface area (TPSA) is 298 Å². The van der Waals surface area contributed by atoms with Crippen LogP contribution in [0.5, 0.6) is 5.75 Å². The summed E-state index contributed by atoms with van der Waals surface area (Å²) in [7, 11) is 0. The van der Waals surface area contributed by atoms with E-state index < -0.39 is 36.0 Å². The van der Waals surface area contributed by atoms with E-state index in [4.69, 9.17) is 54.5 Å². The Morgan fingerprint density at radius 2 is 1.37 bits per heavy atom. The first-order valence-corrected chi connectivity index (χ1v) is 13.0. The van der Waals surface area contributed by atoms with Crippen LogP contribution in [0.3, 0.4) is 0 Å². The number of thioether (sulfide) groups is 1. The van der Waals surface area contributed by atoms with Crippen molar-refractivity contribution in [2.45, 2.75) is 57.7 Å². The maximum Gasteiger partial charge on any atom is 0.320 e. The van der Waals surface area contributed by atoms with Gasteiger partial charge in [0.05, 0.1) is 0 Å². The number of rotatable bonds is 13. The molecule has 3 unspecified atom stereocenters. The van der Waals surface area contributed by atoms with Gasteiger partial charge in [0.1, 0.15) is 23.9 Å². The van der Waals surface area contributed by atoms with Gasteiger partial charge in [-0.2, -0.15) is 11.8 Å². The number of hydrogen-bond donors (Lipinski definition) is 11. The van der Waals surface area contributed by atoms with Gasteiger partial charge in [0, 0.05) is 6.54 Å². The van der Waals surface area contributed by atoms with Crippen LogP contribution in [-0.4, -0.2) is 87.0 Å². The SMILES string of the molecule is CCN.CCSCCC(N)C(=O)O.N=C(N)NCCCC(N)C(=O)O.NC(Cc1ccc(O)cc1)C(=O)O. The van der Waals surface area contributed by atoms with E-state index in [1.54, 1.807) is 23.9 Å². The smallest absolute Gasteiger partial charge is 0.320 e. The van der Waals surface area contributed by atoms with Crippen LogP contribution in [0.2, 0.25) is 0 Å². The zero-order chi connectivity index (χ0) is 30.1. The standard InChI is InChI=1S/C9H11NO3.C6H14N4O2.C6H13NO2S.C2H7N/c10-8(9(12)13)5-6-1-3-7(11)4-2-6;7-4(5(11)12)2-1-3-10-6(8)9;1-2-10-4-3-5(7)6(8)9;1-2-3/h1-4,8,11H,5,10H2,(H,12,13);4H,1-3,7H2,(H,11,12)(H4,8,9,10);5H,2-4,7H2,1H3,(H,8,9);2-3H2,1H3. The molecule has 220 valence electrons. The highest BCUT2D eigenvalue weighted by molar-refractivity contribution is 7.99. The normalized spacial score (nSPS) is 11.9. The third kappa shape index (κ3) is 27.5. The van der Waals surface area contributed by atoms with Crippen molar-refractivity contribution < 1.29 is 34.8 Å². The predicted molar refractivity (Wildman–Crippen MR) is 150 cm³/mol. The van der Waals surface area contributed by atoms with Gasteiger partial charge in [0.2, 0.25) is 0 Å². The maximum absolute atomic E-state index is 10.4. The fourth-order valence-corrected chi connectivity index (χ4v) is 2.83. The number of nitrogens with one attached hydrogen (secondary N) is 2. The summed E-state index contributed by atoms with van der Waals surface area (Å²) in [6, 6.07) is 3.92. The molecular weight excluding hydrogens is 518 g/mol. The van der Waals surface area contributed by atoms with Crippen molar-refractivity contribution in [3.63, 3.8) is 0 Å². The van der Waals surface area contributed by atoms with Gasteiger partial charge in [-0.05, 0) is 61.4 Å². The summed E-state index contributed by atoms with van der Waals surface area (Å²) in [5.74, 6) is -1.02. The largest absolute Gasteiger partial charge is 0.508 e. The molecule has 0 aliphatic carbocycles. The van der Waals surface area contributed by atoms with E-state index >= 15 is 0 Å². The van der Waals surface area contributed by atoms with Gasteiger partial charge in [-0.25, -0.2) is 0 Å². The molecule has 0 aromatic heterocycles. The summed E-state index contributed by atoms with van der Waals surface area (Å²) in [4.78, 5) is 30.8. The zero-order valence-electron chi connectivity index (χ0n) is 22.0. The minimum atomic E-state index is -1.02. The van der Waals surface area contributed by atoms with Gasteiger partial charge in [-0.3, -0.25) is 19.8 Å². The van der Waals surface area contributed by atoms with Crippen LogP contribution >= 0.6 is 11.8 Å². The Morgan fingerprint density at radius 3 is 1.76 bits per heavy atom. The number of aliphatic carboxylic acids is 3. The summed E-state index contributed by atoms with van der Waals surface area (Å²) in [5.41, 5.74) is 26.4. The quantitative estimate of drug-likeness (QED) is 0.0820. The van der Waals surface area contributed by atoms with E-state index in [9.17, 15) is 14.4 Å². The van der Waals surface area contributed by atoms with E-state index in [1.807, 2.05) is 13.8 Å². The van der Waals surface area contributed by atoms with E-state index in [-0.39, 0.29) is 18.1 Å². The van der Waals surface area contributed by atoms with Crippen LogP contribution in [0.25, 0.3) is 0 Å². The van der Waals surface area contributed by atoms with Crippen molar-refractivity contribution >= 4 is 35.6 Å². The average molecular weight is 564 g/mol. The van der Waals surface area contributed by atoms with Crippen molar-refractivity contribution in [2.24, 2.45) is 28.7 Å². The third-order valence-electron chi connectivity index (χ3n) is 4.13. The van der Waals surface area contributed by atoms with E-state index in [2.05, 4.69) is 5.32 Å². The monoisotopic (exact) mass is 563 g/mol. The number of carboxylic acids is 3. The molecule has 0 aliphatic rings. The summed E-state index contributed by atoms with van der Waals surface area (Å²) in [6.07, 6.45) is 1.81. The van der Waals surface area contributed by atoms with Crippen molar-refractivity contribution in [3.05, 3.63) is 29.8 Å². The average Bonchev–Trinajstić information content (AvgIpc) is 2.84. The lowest BCUT2D eigenvalue weighted by molar-refractivity contribution is -0.139. The fraction of sp³-hybridized carbons (Fsp3) is 0.565. The second-order valence-corrected chi connectivity index (χ2v) is 8.98. The molecule has 0 bridgehead atoms. The number of phenolic OH excluding ortho intramolecular Hbond substituents is 1. The molecule has 0 heterocycles. The molecule has 16 N–H and O–H groups in total. The molecule has 0 aliphatic heterocycles. The van der Waals surface area contributed by atoms with E-state index in [0.29, 0.717) is 25.8 Å². The summed E-state index contributed by atoms with van der Waals surface area (Å²) < 4.78 is 0. The van der Waals surface area contributed by atoms with Gasteiger partial charge >= 0.3 is 17.9 Å². The molecule has 38 heavy (non-hydrogen) atoms. The van der Waals surface area contributed by atoms with Crippen LogP contribution in [-0.2, 0) is 20.8 Å². The highest BCUT2D eigenvalue weighted by Crippen LogP contribution is 2.10. The number of carbonyl (C=O) groups is 3. The second kappa shape index (κ2) is 25.5. The molecule has 3 atom stereocenters. The molecule has 1 aromatic rings. The first-order chi connectivity index (χ1) is 17.7. The molecule has 14 nitrogen and oxygen atoms in total. The van der Waals surface area contributed by atoms with Gasteiger partial charge in [-0.1, -0.05) is 26.0 Å². The minimum absolute atomic E-state index is 0.112. The van der Waals surface area contributed by atoms with Crippen LogP contribution in [0.4, 0.5) is 0 Å². The summed E-state index contributed by atoms with van der Waals surface area (Å²) in [6.45, 7) is 5.17. The molecule has 0 spiro atoms. The maximum atomic E-state index is 10.4. The second-order valence-electron chi connectivity index (χ2n) is 7.58. The summed E-state index contributed by atoms with van der Waals surface area (Å²) in [5, 5.41) is 43.5. The van der Waals surface area contributed by atoms with Crippen LogP contribution < -0.4 is 34.0 Å². The van der Waals surface area contributed by atoms with Gasteiger partial charge < -0.3 is 54.4 Å². The van der Waals surface area contributed by atoms with Gasteiger partial charge in [0.15, 0.2) is 5.96 Å². The van der Waals surface area contributed by atoms with Crippen LogP contribution in [0.15, 0.2) is 24.3 Å². The van der Waals surface area contributed by atoms with Gasteiger partial charge in [0.25, 0.3) is 0 Å². The Hall–Kier alpha value is -3.11. The molecule has 1 aromatic carbocycles. The highest BCUT2D eigenvalue weighted by atomic mass is 32.2. The van der Waals surface area contributed by atoms with Crippen LogP contribution in [0, 0.1) is 5.41 Å². The number of benzene rings is 1. The Bertz CT molecular complexity index is 786. The van der Waals surface area contributed by atoms with Crippen LogP contribution in [0.1, 0.15) is 38.7 Å². The van der Waals surface area contributed by atoms with E-state index in [1.165, 1.54) is 12.1 Å². The lowest BCUT2D eigenvalue weighted by Crippen LogP contribution is -2.34. The molecule has 0 saturated heterocycles. The molecular formula is C23H45N7O7S. The molecule has 1 rings (SSSR count). The zero-order valence-corrected chi connectivity index (χ0v) is 22.8. The lowest BCUT2D eigenvalue weighted by atomic mass is 10.1. The van der Waals surface area contributed by atoms with Gasteiger partial charge in [-0.15, -0.1) is 0 Å². The van der Waals surface area contributed by atoms with Crippen molar-refractivity contribution in [1.29, 1.82) is 5.41 Å². The van der Waals surface area contributed by atoms with Crippen molar-refractivity contribution in [1.82, 2.24) is 5.32 Å². The Balaban J connectivity index is -0.000000463. The Labute approximate surface area is 227 Å². The number of hydrogen-bond acceptors (Lipinski definition) is 10. The Kier molecular flexibility index (Phi) is 26.5. The summed E-state index contributed by atoms with van der Waals surface area (Å²) >= 11 is 1.71. The fourth-order valence-electron chi connectivity index (χ4n) is 2.12. The third-order valence-corrected chi connectivity index (χ3v) is 5.06. The molecule has 0 radical (unpaired) electrons. The molecule has 0 saturated carbocycles. The minimum Gasteiger partial charge on any atom is -0.508 e. The lowest BCUT2D eigenvalue weighted by Gasteiger charge is -2.06. The number of aromatic hydroxyl groups is 1. The highest BCUT2D eigenvalue weighted by Gasteiger charge is 2.12. The van der Waals surface area contributed by atoms with E-state index in [0.717, 1.165) is 23.6 Å². The number of nitrogens with two attached hydrogens (primary N) is 5. The first-order valence-electron chi connectivity index (χ1n) is 11.8. The molecule has 0 amide bonds. The predicted octanol–water partition coefficient (Wildman–Crippen LogP) is -0.485. The Morgan fingerprint density at radius 1 is 0.921 bits per heavy atom.